The van der Waals surface area contributed by atoms with Crippen LogP contribution >= 0.6 is 0 Å². The van der Waals surface area contributed by atoms with Crippen molar-refractivity contribution in [1.29, 1.82) is 0 Å². The summed E-state index contributed by atoms with van der Waals surface area (Å²) in [6, 6.07) is 2.10. The van der Waals surface area contributed by atoms with Crippen LogP contribution in [0.5, 0.6) is 0 Å². The number of benzene rings is 1. The van der Waals surface area contributed by atoms with Crippen molar-refractivity contribution >= 4 is 23.5 Å². The first-order chi connectivity index (χ1) is 9.79. The molecule has 0 aliphatic rings. The van der Waals surface area contributed by atoms with Gasteiger partial charge in [0.25, 0.3) is 0 Å². The number of Topliss-reactive ketones (excluding diaryl/α,β-unsaturated/α-hetero) is 2. The van der Waals surface area contributed by atoms with Crippen molar-refractivity contribution < 1.29 is 29.0 Å². The van der Waals surface area contributed by atoms with Crippen LogP contribution in [0.15, 0.2) is 24.8 Å². The molecule has 0 spiro atoms. The van der Waals surface area contributed by atoms with Gasteiger partial charge >= 0.3 is 11.9 Å². The monoisotopic (exact) mass is 290 g/mol. The summed E-state index contributed by atoms with van der Waals surface area (Å²) in [5, 5.41) is 9.10. The van der Waals surface area contributed by atoms with Crippen molar-refractivity contribution in [3.8, 4) is 0 Å². The van der Waals surface area contributed by atoms with Crippen molar-refractivity contribution in [3.05, 3.63) is 47.0 Å². The average molecular weight is 290 g/mol. The molecule has 1 N–H and O–H groups in total. The van der Waals surface area contributed by atoms with Crippen LogP contribution in [0.3, 0.4) is 0 Å². The van der Waals surface area contributed by atoms with Gasteiger partial charge in [-0.25, -0.2) is 9.59 Å². The number of ether oxygens (including phenoxy) is 1. The van der Waals surface area contributed by atoms with Crippen LogP contribution < -0.4 is 0 Å². The summed E-state index contributed by atoms with van der Waals surface area (Å²) < 4.78 is 4.84. The zero-order chi connectivity index (χ0) is 16.2. The third-order valence-electron chi connectivity index (χ3n) is 2.70. The Bertz CT molecular complexity index is 642. The Balaban J connectivity index is 3.54. The fraction of sp³-hybridized carbons (Fsp3) is 0.200. The first-order valence-electron chi connectivity index (χ1n) is 6.00. The Morgan fingerprint density at radius 3 is 1.95 bits per heavy atom. The highest BCUT2D eigenvalue weighted by molar-refractivity contribution is 6.12. The lowest BCUT2D eigenvalue weighted by Crippen LogP contribution is -2.16. The van der Waals surface area contributed by atoms with Gasteiger partial charge in [-0.05, 0) is 26.0 Å². The third kappa shape index (κ3) is 3.62. The summed E-state index contributed by atoms with van der Waals surface area (Å²) in [5.74, 6) is -3.20. The molecule has 1 aromatic carbocycles. The second-order valence-corrected chi connectivity index (χ2v) is 4.25. The number of carbonyl (C=O) groups excluding carboxylic acids is 3. The summed E-state index contributed by atoms with van der Waals surface area (Å²) in [5.41, 5.74) is -0.725. The Kier molecular flexibility index (Phi) is 5.12. The van der Waals surface area contributed by atoms with Crippen LogP contribution in [-0.2, 0) is 4.74 Å². The lowest BCUT2D eigenvalue weighted by Gasteiger charge is -2.11. The smallest absolute Gasteiger partial charge is 0.339 e. The van der Waals surface area contributed by atoms with Crippen LogP contribution in [0.1, 0.15) is 55.3 Å². The normalized spacial score (nSPS) is 9.81. The van der Waals surface area contributed by atoms with Crippen molar-refractivity contribution in [2.24, 2.45) is 0 Å². The highest BCUT2D eigenvalue weighted by Gasteiger charge is 2.23. The molecule has 0 saturated heterocycles. The molecule has 110 valence electrons. The molecule has 0 radical (unpaired) electrons. The van der Waals surface area contributed by atoms with Gasteiger partial charge in [0, 0.05) is 11.1 Å². The lowest BCUT2D eigenvalue weighted by atomic mass is 9.94. The van der Waals surface area contributed by atoms with E-state index in [0.717, 1.165) is 12.1 Å². The second kappa shape index (κ2) is 6.60. The number of hydrogen-bond donors (Lipinski definition) is 1. The summed E-state index contributed by atoms with van der Waals surface area (Å²) >= 11 is 0. The lowest BCUT2D eigenvalue weighted by molar-refractivity contribution is 0.0545. The van der Waals surface area contributed by atoms with Gasteiger partial charge in [0.05, 0.1) is 11.1 Å². The number of ketones is 2. The molecule has 0 fully saturated rings. The van der Waals surface area contributed by atoms with Gasteiger partial charge in [0.1, 0.15) is 6.61 Å². The molecule has 0 heterocycles. The van der Waals surface area contributed by atoms with Gasteiger partial charge in [-0.15, -0.1) is 0 Å². The fourth-order valence-electron chi connectivity index (χ4n) is 1.74. The second-order valence-electron chi connectivity index (χ2n) is 4.25. The topological polar surface area (TPSA) is 97.7 Å². The van der Waals surface area contributed by atoms with Gasteiger partial charge in [0.2, 0.25) is 0 Å². The van der Waals surface area contributed by atoms with E-state index in [-0.39, 0.29) is 28.9 Å². The van der Waals surface area contributed by atoms with E-state index >= 15 is 0 Å². The SMILES string of the molecule is C=CCOC(=O)c1cc(C(C)=O)c(C(=O)O)cc1C(C)=O. The quantitative estimate of drug-likeness (QED) is 0.489. The predicted octanol–water partition coefficient (Wildman–Crippen LogP) is 2.13. The molecule has 6 heteroatoms. The minimum Gasteiger partial charge on any atom is -0.478 e. The van der Waals surface area contributed by atoms with E-state index in [1.807, 2.05) is 0 Å². The van der Waals surface area contributed by atoms with Crippen LogP contribution in [0.25, 0.3) is 0 Å². The van der Waals surface area contributed by atoms with Gasteiger partial charge in [-0.1, -0.05) is 12.7 Å². The Morgan fingerprint density at radius 1 is 1.05 bits per heavy atom. The first-order valence-corrected chi connectivity index (χ1v) is 6.00. The van der Waals surface area contributed by atoms with E-state index in [9.17, 15) is 19.2 Å². The highest BCUT2D eigenvalue weighted by Crippen LogP contribution is 2.20. The van der Waals surface area contributed by atoms with Crippen LogP contribution in [0.4, 0.5) is 0 Å². The first kappa shape index (κ1) is 16.3. The Labute approximate surface area is 121 Å². The molecule has 0 unspecified atom stereocenters. The third-order valence-corrected chi connectivity index (χ3v) is 2.70. The average Bonchev–Trinajstić information content (AvgIpc) is 2.42. The van der Waals surface area contributed by atoms with Crippen molar-refractivity contribution in [3.63, 3.8) is 0 Å². The molecule has 1 aromatic rings. The van der Waals surface area contributed by atoms with Crippen molar-refractivity contribution in [2.45, 2.75) is 13.8 Å². The molecule has 0 saturated carbocycles. The Morgan fingerprint density at radius 2 is 1.52 bits per heavy atom. The number of carboxylic acids is 1. The maximum absolute atomic E-state index is 11.9. The number of rotatable bonds is 6. The maximum Gasteiger partial charge on any atom is 0.339 e. The molecular weight excluding hydrogens is 276 g/mol. The zero-order valence-corrected chi connectivity index (χ0v) is 11.6. The van der Waals surface area contributed by atoms with Gasteiger partial charge < -0.3 is 9.84 Å². The largest absolute Gasteiger partial charge is 0.478 e. The van der Waals surface area contributed by atoms with E-state index in [2.05, 4.69) is 6.58 Å². The van der Waals surface area contributed by atoms with E-state index in [4.69, 9.17) is 9.84 Å². The van der Waals surface area contributed by atoms with Crippen molar-refractivity contribution in [1.82, 2.24) is 0 Å². The van der Waals surface area contributed by atoms with Crippen LogP contribution in [0.2, 0.25) is 0 Å². The summed E-state index contributed by atoms with van der Waals surface area (Å²) in [6.45, 7) is 5.70. The molecule has 0 aliphatic carbocycles. The number of carbonyl (C=O) groups is 4. The van der Waals surface area contributed by atoms with Crippen LogP contribution in [0, 0.1) is 0 Å². The fourth-order valence-corrected chi connectivity index (χ4v) is 1.74. The number of aromatic carboxylic acids is 1. The molecule has 0 aromatic heterocycles. The standard InChI is InChI=1S/C15H14O6/c1-4-5-21-15(20)13-7-10(8(2)16)12(14(18)19)6-11(13)9(3)17/h4,6-7H,1,5H2,2-3H3,(H,18,19). The van der Waals surface area contributed by atoms with Gasteiger partial charge in [-0.2, -0.15) is 0 Å². The van der Waals surface area contributed by atoms with E-state index < -0.39 is 23.5 Å². The minimum atomic E-state index is -1.35. The molecule has 6 nitrogen and oxygen atoms in total. The maximum atomic E-state index is 11.9. The van der Waals surface area contributed by atoms with Gasteiger partial charge in [0.15, 0.2) is 11.6 Å². The summed E-state index contributed by atoms with van der Waals surface area (Å²) in [4.78, 5) is 46.2. The molecule has 21 heavy (non-hydrogen) atoms. The summed E-state index contributed by atoms with van der Waals surface area (Å²) in [6.07, 6.45) is 1.35. The molecule has 0 atom stereocenters. The molecule has 0 aliphatic heterocycles. The zero-order valence-electron chi connectivity index (χ0n) is 11.6. The van der Waals surface area contributed by atoms with E-state index in [1.54, 1.807) is 0 Å². The molecular formula is C15H14O6. The molecule has 0 amide bonds. The van der Waals surface area contributed by atoms with E-state index in [0.29, 0.717) is 0 Å². The van der Waals surface area contributed by atoms with Gasteiger partial charge in [-0.3, -0.25) is 9.59 Å². The minimum absolute atomic E-state index is 0.0632. The highest BCUT2D eigenvalue weighted by atomic mass is 16.5. The van der Waals surface area contributed by atoms with E-state index in [1.165, 1.54) is 19.9 Å². The number of hydrogen-bond acceptors (Lipinski definition) is 5. The molecule has 0 bridgehead atoms. The van der Waals surface area contributed by atoms with Crippen molar-refractivity contribution in [2.75, 3.05) is 6.61 Å². The predicted molar refractivity (Wildman–Crippen MR) is 73.9 cm³/mol. The Hall–Kier alpha value is -2.76. The van der Waals surface area contributed by atoms with Crippen LogP contribution in [-0.4, -0.2) is 35.2 Å². The number of esters is 1. The molecule has 1 rings (SSSR count). The summed E-state index contributed by atoms with van der Waals surface area (Å²) in [7, 11) is 0. The number of carboxylic acid groups (broad SMARTS) is 1.